The molecule has 40 heavy (non-hydrogen) atoms. The average Bonchev–Trinajstić information content (AvgIpc) is 3.42. The van der Waals surface area contributed by atoms with E-state index in [-0.39, 0.29) is 11.6 Å². The van der Waals surface area contributed by atoms with Crippen molar-refractivity contribution >= 4 is 50.6 Å². The first-order valence-electron chi connectivity index (χ1n) is 13.2. The summed E-state index contributed by atoms with van der Waals surface area (Å²) in [4.78, 5) is 20.0. The average molecular weight is 627 g/mol. The zero-order chi connectivity index (χ0) is 27.5. The third-order valence-electron chi connectivity index (χ3n) is 7.90. The predicted octanol–water partition coefficient (Wildman–Crippen LogP) is 7.14. The molecule has 0 fully saturated rings. The van der Waals surface area contributed by atoms with E-state index < -0.39 is 0 Å². The van der Waals surface area contributed by atoms with Gasteiger partial charge in [-0.2, -0.15) is 0 Å². The maximum Gasteiger partial charge on any atom is 0.271 e. The smallest absolute Gasteiger partial charge is 0.271 e. The summed E-state index contributed by atoms with van der Waals surface area (Å²) in [6.45, 7) is 4.17. The van der Waals surface area contributed by atoms with Gasteiger partial charge in [-0.1, -0.05) is 75.3 Å². The normalized spacial score (nSPS) is 16.4. The van der Waals surface area contributed by atoms with Gasteiger partial charge in [-0.05, 0) is 97.5 Å². The molecule has 0 radical (unpaired) electrons. The van der Waals surface area contributed by atoms with Crippen molar-refractivity contribution in [2.75, 3.05) is 0 Å². The predicted molar refractivity (Wildman–Crippen MR) is 167 cm³/mol. The number of halogens is 2. The lowest BCUT2D eigenvalue weighted by atomic mass is 9.83. The molecule has 5 aromatic rings. The number of rotatable bonds is 3. The van der Waals surface area contributed by atoms with Gasteiger partial charge in [0.15, 0.2) is 4.80 Å². The molecule has 0 spiro atoms. The molecule has 0 saturated carbocycles. The van der Waals surface area contributed by atoms with Crippen LogP contribution in [0.25, 0.3) is 17.5 Å². The van der Waals surface area contributed by atoms with Crippen LogP contribution >= 0.6 is 38.9 Å². The third-order valence-corrected chi connectivity index (χ3v) is 9.66. The van der Waals surface area contributed by atoms with Gasteiger partial charge in [0.1, 0.15) is 0 Å². The van der Waals surface area contributed by atoms with Crippen LogP contribution in [-0.2, 0) is 6.42 Å². The molecule has 0 amide bonds. The van der Waals surface area contributed by atoms with Crippen LogP contribution in [0.15, 0.2) is 98.7 Å². The summed E-state index contributed by atoms with van der Waals surface area (Å²) >= 11 is 11.2. The molecular formula is C33H25BrClN3OS. The van der Waals surface area contributed by atoms with Crippen molar-refractivity contribution in [3.05, 3.63) is 147 Å². The molecule has 0 saturated heterocycles. The Morgan fingerprint density at radius 1 is 1.00 bits per heavy atom. The number of aryl methyl sites for hydroxylation is 2. The van der Waals surface area contributed by atoms with E-state index in [4.69, 9.17) is 16.6 Å². The molecule has 1 aliphatic carbocycles. The van der Waals surface area contributed by atoms with Crippen LogP contribution in [0.4, 0.5) is 0 Å². The molecule has 3 aromatic carbocycles. The van der Waals surface area contributed by atoms with Crippen LogP contribution < -0.4 is 14.9 Å². The Bertz CT molecular complexity index is 2010. The molecule has 2 aromatic heterocycles. The molecule has 7 rings (SSSR count). The number of nitrogens with zero attached hydrogens (tertiary/aromatic N) is 3. The van der Waals surface area contributed by atoms with E-state index in [0.29, 0.717) is 9.55 Å². The number of hydrogen-bond acceptors (Lipinski definition) is 3. The van der Waals surface area contributed by atoms with E-state index in [1.54, 1.807) is 0 Å². The summed E-state index contributed by atoms with van der Waals surface area (Å²) in [5, 5.41) is 0.707. The first-order valence-corrected chi connectivity index (χ1v) is 15.2. The van der Waals surface area contributed by atoms with Crippen molar-refractivity contribution in [3.63, 3.8) is 0 Å². The minimum Gasteiger partial charge on any atom is -0.318 e. The van der Waals surface area contributed by atoms with Crippen LogP contribution in [0.5, 0.6) is 0 Å². The summed E-state index contributed by atoms with van der Waals surface area (Å²) < 4.78 is 5.80. The molecule has 4 nitrogen and oxygen atoms in total. The standard InChI is InChI=1S/C33H25BrClN3OS/c1-19-17-23(20(2)37(19)26-14-12-25(35)13-15-26)18-29-32(39)38-31(22-7-10-24(34)11-8-22)28-16-9-21-5-3-4-6-27(21)30(28)36-33(38)40-29/h3-8,10-15,17-18,31H,9,16H2,1-2H3/b29-18+/t31-/m0/s1. The van der Waals surface area contributed by atoms with Gasteiger partial charge in [0.25, 0.3) is 5.56 Å². The van der Waals surface area contributed by atoms with Crippen LogP contribution in [0.2, 0.25) is 5.02 Å². The molecule has 1 aliphatic heterocycles. The lowest BCUT2D eigenvalue weighted by Crippen LogP contribution is -2.38. The third kappa shape index (κ3) is 4.17. The SMILES string of the molecule is Cc1cc(/C=c2/sc3n(c2=O)[C@@H](c2ccc(Br)cc2)C2=C(N=3)c3ccccc3CC2)c(C)n1-c1ccc(Cl)cc1. The fraction of sp³-hybridized carbons (Fsp3) is 0.152. The molecule has 2 aliphatic rings. The molecule has 1 atom stereocenters. The van der Waals surface area contributed by atoms with E-state index >= 15 is 0 Å². The van der Waals surface area contributed by atoms with E-state index in [1.807, 2.05) is 47.0 Å². The zero-order valence-corrected chi connectivity index (χ0v) is 25.1. The molecule has 0 N–H and O–H groups in total. The second-order valence-corrected chi connectivity index (χ2v) is 12.7. The number of allylic oxidation sites excluding steroid dienone is 1. The van der Waals surface area contributed by atoms with Crippen molar-refractivity contribution in [2.45, 2.75) is 32.7 Å². The van der Waals surface area contributed by atoms with Gasteiger partial charge in [-0.15, -0.1) is 0 Å². The fourth-order valence-corrected chi connectivity index (χ4v) is 7.41. The van der Waals surface area contributed by atoms with Crippen molar-refractivity contribution < 1.29 is 0 Å². The maximum absolute atomic E-state index is 14.1. The first-order chi connectivity index (χ1) is 19.4. The molecule has 7 heteroatoms. The van der Waals surface area contributed by atoms with Gasteiger partial charge >= 0.3 is 0 Å². The summed E-state index contributed by atoms with van der Waals surface area (Å²) in [7, 11) is 0. The number of aromatic nitrogens is 2. The highest BCUT2D eigenvalue weighted by atomic mass is 79.9. The van der Waals surface area contributed by atoms with E-state index in [9.17, 15) is 4.79 Å². The van der Waals surface area contributed by atoms with Crippen molar-refractivity contribution in [3.8, 4) is 5.69 Å². The number of benzene rings is 3. The van der Waals surface area contributed by atoms with Crippen LogP contribution in [-0.4, -0.2) is 9.13 Å². The van der Waals surface area contributed by atoms with Gasteiger partial charge in [-0.25, -0.2) is 4.99 Å². The highest BCUT2D eigenvalue weighted by Crippen LogP contribution is 2.41. The first kappa shape index (κ1) is 25.5. The van der Waals surface area contributed by atoms with Gasteiger partial charge in [0.05, 0.1) is 16.3 Å². The van der Waals surface area contributed by atoms with Crippen LogP contribution in [0.1, 0.15) is 46.1 Å². The van der Waals surface area contributed by atoms with Gasteiger partial charge in [0.2, 0.25) is 0 Å². The summed E-state index contributed by atoms with van der Waals surface area (Å²) in [5.74, 6) is 0. The Hall–Kier alpha value is -3.45. The molecular weight excluding hydrogens is 602 g/mol. The number of fused-ring (bicyclic) bond motifs is 3. The Kier molecular flexibility index (Phi) is 6.30. The lowest BCUT2D eigenvalue weighted by molar-refractivity contribution is 0.585. The summed E-state index contributed by atoms with van der Waals surface area (Å²) in [6.07, 6.45) is 3.84. The summed E-state index contributed by atoms with van der Waals surface area (Å²) in [6, 6.07) is 26.6. The minimum atomic E-state index is -0.184. The topological polar surface area (TPSA) is 39.3 Å². The van der Waals surface area contributed by atoms with Crippen molar-refractivity contribution in [1.82, 2.24) is 9.13 Å². The molecule has 0 unspecified atom stereocenters. The van der Waals surface area contributed by atoms with Crippen LogP contribution in [0, 0.1) is 13.8 Å². The Morgan fingerprint density at radius 2 is 1.75 bits per heavy atom. The number of thiazole rings is 1. The van der Waals surface area contributed by atoms with E-state index in [1.165, 1.54) is 28.0 Å². The largest absolute Gasteiger partial charge is 0.318 e. The van der Waals surface area contributed by atoms with Gasteiger partial charge < -0.3 is 4.57 Å². The molecule has 0 bridgehead atoms. The van der Waals surface area contributed by atoms with Gasteiger partial charge in [0, 0.05) is 32.1 Å². The number of hydrogen-bond donors (Lipinski definition) is 0. The quantitative estimate of drug-likeness (QED) is 0.210. The van der Waals surface area contributed by atoms with E-state index in [2.05, 4.69) is 76.8 Å². The molecule has 3 heterocycles. The van der Waals surface area contributed by atoms with Crippen molar-refractivity contribution in [1.29, 1.82) is 0 Å². The Balaban J connectivity index is 1.43. The summed E-state index contributed by atoms with van der Waals surface area (Å²) in [5.41, 5.74) is 10.0. The Labute approximate surface area is 249 Å². The second kappa shape index (κ2) is 9.88. The maximum atomic E-state index is 14.1. The second-order valence-electron chi connectivity index (χ2n) is 10.3. The van der Waals surface area contributed by atoms with E-state index in [0.717, 1.165) is 56.0 Å². The zero-order valence-electron chi connectivity index (χ0n) is 22.0. The lowest BCUT2D eigenvalue weighted by Gasteiger charge is -2.30. The van der Waals surface area contributed by atoms with Gasteiger partial charge in [-0.3, -0.25) is 9.36 Å². The monoisotopic (exact) mass is 625 g/mol. The molecule has 198 valence electrons. The fourth-order valence-electron chi connectivity index (χ4n) is 6.03. The minimum absolute atomic E-state index is 0.00151. The van der Waals surface area contributed by atoms with Crippen LogP contribution in [0.3, 0.4) is 0 Å². The van der Waals surface area contributed by atoms with Crippen molar-refractivity contribution in [2.24, 2.45) is 4.99 Å². The highest BCUT2D eigenvalue weighted by Gasteiger charge is 2.32. The Morgan fingerprint density at radius 3 is 2.52 bits per heavy atom. The highest BCUT2D eigenvalue weighted by molar-refractivity contribution is 9.10.